The second kappa shape index (κ2) is 3.46. The van der Waals surface area contributed by atoms with Crippen molar-refractivity contribution in [2.24, 2.45) is 5.73 Å². The molecule has 0 amide bonds. The molecule has 2 heterocycles. The smallest absolute Gasteiger partial charge is 0.0725 e. The van der Waals surface area contributed by atoms with Gasteiger partial charge < -0.3 is 5.73 Å². The molecule has 2 N–H and O–H groups in total. The van der Waals surface area contributed by atoms with Crippen molar-refractivity contribution in [2.45, 2.75) is 44.7 Å². The van der Waals surface area contributed by atoms with Gasteiger partial charge in [0.1, 0.15) is 0 Å². The fraction of sp³-hybridized carbons (Fsp3) is 0.778. The van der Waals surface area contributed by atoms with E-state index >= 15 is 0 Å². The Balaban J connectivity index is 2.15. The highest BCUT2D eigenvalue weighted by Gasteiger charge is 2.21. The van der Waals surface area contributed by atoms with Gasteiger partial charge in [-0.15, -0.1) is 5.10 Å². The Labute approximate surface area is 78.1 Å². The van der Waals surface area contributed by atoms with E-state index in [2.05, 4.69) is 10.3 Å². The van der Waals surface area contributed by atoms with Crippen LogP contribution < -0.4 is 5.73 Å². The zero-order chi connectivity index (χ0) is 9.26. The van der Waals surface area contributed by atoms with Crippen molar-refractivity contribution in [1.82, 2.24) is 15.0 Å². The molecular weight excluding hydrogens is 164 g/mol. The third kappa shape index (κ3) is 1.72. The highest BCUT2D eigenvalue weighted by Crippen LogP contribution is 2.26. The van der Waals surface area contributed by atoms with Gasteiger partial charge in [0.2, 0.25) is 0 Å². The van der Waals surface area contributed by atoms with E-state index in [0.717, 1.165) is 12.8 Å². The molecule has 2 rings (SSSR count). The van der Waals surface area contributed by atoms with Crippen molar-refractivity contribution < 1.29 is 0 Å². The SMILES string of the molecule is CC(N)CC1CCCc2cnnn21. The molecule has 0 bridgehead atoms. The van der Waals surface area contributed by atoms with E-state index in [0.29, 0.717) is 6.04 Å². The van der Waals surface area contributed by atoms with E-state index in [1.807, 2.05) is 17.8 Å². The number of hydrogen-bond donors (Lipinski definition) is 1. The van der Waals surface area contributed by atoms with Crippen LogP contribution >= 0.6 is 0 Å². The van der Waals surface area contributed by atoms with Crippen molar-refractivity contribution in [3.05, 3.63) is 11.9 Å². The molecule has 0 saturated carbocycles. The van der Waals surface area contributed by atoms with Crippen LogP contribution in [0.3, 0.4) is 0 Å². The molecule has 0 fully saturated rings. The molecule has 0 aliphatic carbocycles. The van der Waals surface area contributed by atoms with Crippen molar-refractivity contribution in [2.75, 3.05) is 0 Å². The minimum atomic E-state index is 0.250. The lowest BCUT2D eigenvalue weighted by atomic mass is 9.98. The van der Waals surface area contributed by atoms with Gasteiger partial charge in [0, 0.05) is 6.04 Å². The van der Waals surface area contributed by atoms with Crippen LogP contribution in [-0.4, -0.2) is 21.0 Å². The van der Waals surface area contributed by atoms with Gasteiger partial charge in [-0.1, -0.05) is 5.21 Å². The van der Waals surface area contributed by atoms with Gasteiger partial charge in [0.05, 0.1) is 17.9 Å². The Kier molecular flexibility index (Phi) is 2.31. The first-order valence-corrected chi connectivity index (χ1v) is 4.92. The number of rotatable bonds is 2. The molecular formula is C9H16N4. The fourth-order valence-corrected chi connectivity index (χ4v) is 2.04. The topological polar surface area (TPSA) is 56.7 Å². The Morgan fingerprint density at radius 1 is 1.77 bits per heavy atom. The standard InChI is InChI=1S/C9H16N4/c1-7(10)5-8-3-2-4-9-6-11-12-13(8)9/h6-8H,2-5,10H2,1H3. The molecule has 2 atom stereocenters. The van der Waals surface area contributed by atoms with Gasteiger partial charge in [-0.25, -0.2) is 4.68 Å². The second-order valence-corrected chi connectivity index (χ2v) is 3.93. The zero-order valence-electron chi connectivity index (χ0n) is 7.98. The number of hydrogen-bond acceptors (Lipinski definition) is 3. The summed E-state index contributed by atoms with van der Waals surface area (Å²) >= 11 is 0. The van der Waals surface area contributed by atoms with Gasteiger partial charge in [-0.2, -0.15) is 0 Å². The van der Waals surface area contributed by atoms with Gasteiger partial charge in [0.25, 0.3) is 0 Å². The van der Waals surface area contributed by atoms with Gasteiger partial charge in [-0.3, -0.25) is 0 Å². The molecule has 0 aromatic carbocycles. The molecule has 72 valence electrons. The number of fused-ring (bicyclic) bond motifs is 1. The Morgan fingerprint density at radius 2 is 2.62 bits per heavy atom. The summed E-state index contributed by atoms with van der Waals surface area (Å²) in [4.78, 5) is 0. The Morgan fingerprint density at radius 3 is 3.38 bits per heavy atom. The van der Waals surface area contributed by atoms with E-state index in [1.165, 1.54) is 18.5 Å². The largest absolute Gasteiger partial charge is 0.328 e. The summed E-state index contributed by atoms with van der Waals surface area (Å²) in [6, 6.07) is 0.728. The summed E-state index contributed by atoms with van der Waals surface area (Å²) < 4.78 is 2.05. The highest BCUT2D eigenvalue weighted by atomic mass is 15.4. The normalized spacial score (nSPS) is 24.0. The number of nitrogens with two attached hydrogens (primary N) is 1. The third-order valence-electron chi connectivity index (χ3n) is 2.61. The Hall–Kier alpha value is -0.900. The van der Waals surface area contributed by atoms with Crippen molar-refractivity contribution >= 4 is 0 Å². The van der Waals surface area contributed by atoms with E-state index < -0.39 is 0 Å². The van der Waals surface area contributed by atoms with E-state index in [9.17, 15) is 0 Å². The average Bonchev–Trinajstić information content (AvgIpc) is 2.51. The van der Waals surface area contributed by atoms with Crippen molar-refractivity contribution in [1.29, 1.82) is 0 Å². The van der Waals surface area contributed by atoms with Crippen LogP contribution in [0, 0.1) is 0 Å². The van der Waals surface area contributed by atoms with Crippen LogP contribution in [0.1, 0.15) is 37.9 Å². The zero-order valence-corrected chi connectivity index (χ0v) is 7.98. The van der Waals surface area contributed by atoms with E-state index in [4.69, 9.17) is 5.73 Å². The maximum absolute atomic E-state index is 5.79. The first-order valence-electron chi connectivity index (χ1n) is 4.92. The van der Waals surface area contributed by atoms with Crippen LogP contribution in [0.25, 0.3) is 0 Å². The van der Waals surface area contributed by atoms with Crippen LogP contribution in [0.15, 0.2) is 6.20 Å². The summed E-state index contributed by atoms with van der Waals surface area (Å²) in [6.45, 7) is 2.05. The van der Waals surface area contributed by atoms with E-state index in [-0.39, 0.29) is 6.04 Å². The summed E-state index contributed by atoms with van der Waals surface area (Å²) in [5, 5.41) is 8.04. The molecule has 1 aliphatic rings. The van der Waals surface area contributed by atoms with Crippen LogP contribution in [0.4, 0.5) is 0 Å². The third-order valence-corrected chi connectivity index (χ3v) is 2.61. The quantitative estimate of drug-likeness (QED) is 0.735. The molecule has 0 spiro atoms. The van der Waals surface area contributed by atoms with Crippen LogP contribution in [0.2, 0.25) is 0 Å². The molecule has 1 aliphatic heterocycles. The highest BCUT2D eigenvalue weighted by molar-refractivity contribution is 4.99. The number of aromatic nitrogens is 3. The van der Waals surface area contributed by atoms with Gasteiger partial charge in [-0.05, 0) is 32.6 Å². The molecule has 2 unspecified atom stereocenters. The van der Waals surface area contributed by atoms with Crippen LogP contribution in [0.5, 0.6) is 0 Å². The molecule has 4 nitrogen and oxygen atoms in total. The number of aryl methyl sites for hydroxylation is 1. The predicted octanol–water partition coefficient (Wildman–Crippen LogP) is 0.893. The summed E-state index contributed by atoms with van der Waals surface area (Å²) in [6.07, 6.45) is 6.43. The summed E-state index contributed by atoms with van der Waals surface area (Å²) in [7, 11) is 0. The second-order valence-electron chi connectivity index (χ2n) is 3.93. The lowest BCUT2D eigenvalue weighted by Crippen LogP contribution is -2.26. The first-order chi connectivity index (χ1) is 6.27. The first kappa shape index (κ1) is 8.69. The predicted molar refractivity (Wildman–Crippen MR) is 50.3 cm³/mol. The minimum absolute atomic E-state index is 0.250. The summed E-state index contributed by atoms with van der Waals surface area (Å²) in [5.41, 5.74) is 7.05. The monoisotopic (exact) mass is 180 g/mol. The molecule has 0 radical (unpaired) electrons. The molecule has 13 heavy (non-hydrogen) atoms. The summed E-state index contributed by atoms with van der Waals surface area (Å²) in [5.74, 6) is 0. The molecule has 4 heteroatoms. The maximum Gasteiger partial charge on any atom is 0.0725 e. The molecule has 1 aromatic rings. The Bertz CT molecular complexity index is 279. The van der Waals surface area contributed by atoms with Crippen molar-refractivity contribution in [3.63, 3.8) is 0 Å². The van der Waals surface area contributed by atoms with E-state index in [1.54, 1.807) is 0 Å². The number of nitrogens with zero attached hydrogens (tertiary/aromatic N) is 3. The molecule has 1 aromatic heterocycles. The lowest BCUT2D eigenvalue weighted by molar-refractivity contribution is 0.325. The lowest BCUT2D eigenvalue weighted by Gasteiger charge is -2.24. The van der Waals surface area contributed by atoms with Gasteiger partial charge >= 0.3 is 0 Å². The van der Waals surface area contributed by atoms with Crippen LogP contribution in [-0.2, 0) is 6.42 Å². The van der Waals surface area contributed by atoms with Gasteiger partial charge in [0.15, 0.2) is 0 Å². The average molecular weight is 180 g/mol. The minimum Gasteiger partial charge on any atom is -0.328 e. The fourth-order valence-electron chi connectivity index (χ4n) is 2.04. The maximum atomic E-state index is 5.79. The van der Waals surface area contributed by atoms with Crippen molar-refractivity contribution in [3.8, 4) is 0 Å². The molecule has 0 saturated heterocycles.